The van der Waals surface area contributed by atoms with Crippen LogP contribution in [-0.4, -0.2) is 126 Å². The van der Waals surface area contributed by atoms with Crippen LogP contribution in [0.4, 0.5) is 0 Å². The van der Waals surface area contributed by atoms with E-state index >= 15 is 0 Å². The Hall–Kier alpha value is -4.84. The molecule has 10 rings (SSSR count). The smallest absolute Gasteiger partial charge is 0.226 e. The molecule has 18 heteroatoms. The van der Waals surface area contributed by atoms with Gasteiger partial charge < -0.3 is 19.8 Å². The molecule has 4 aliphatic heterocycles. The largest absolute Gasteiger partial charge is 0.345 e. The molecule has 0 spiro atoms. The summed E-state index contributed by atoms with van der Waals surface area (Å²) in [6.45, 7) is 6.90. The molecule has 56 heavy (non-hydrogen) atoms. The minimum absolute atomic E-state index is 0.00942. The molecule has 0 unspecified atom stereocenters. The zero-order chi connectivity index (χ0) is 38.9. The lowest BCUT2D eigenvalue weighted by Crippen LogP contribution is -2.45. The van der Waals surface area contributed by atoms with E-state index in [-0.39, 0.29) is 46.7 Å². The number of fused-ring (bicyclic) bond motifs is 6. The SMILES string of the molecule is C[C@@H]1CCN(C(=O)[C@@H]2CCS(=O)(=O)C2)C[C@@H]1c1ncc2cnc3[nH]ccc3n12.C[C@@H]1CCN(C(=O)[C@H]2CCS(=O)(=O)C2)C[C@@H]1c1ncc2cnc3[nH]ccc3n12. The van der Waals surface area contributed by atoms with Crippen molar-refractivity contribution in [1.82, 2.24) is 48.5 Å². The van der Waals surface area contributed by atoms with Crippen LogP contribution < -0.4 is 0 Å². The predicted octanol–water partition coefficient (Wildman–Crippen LogP) is 3.19. The lowest BCUT2D eigenvalue weighted by molar-refractivity contribution is -0.137. The molecule has 6 aromatic rings. The number of nitrogens with zero attached hydrogens (tertiary/aromatic N) is 8. The normalized spacial score (nSPS) is 27.6. The maximum atomic E-state index is 13.0. The number of carbonyl (C=O) groups is 2. The topological polar surface area (TPSA) is 201 Å². The van der Waals surface area contributed by atoms with E-state index in [0.717, 1.165) is 57.9 Å². The van der Waals surface area contributed by atoms with Gasteiger partial charge in [-0.05, 0) is 49.7 Å². The van der Waals surface area contributed by atoms with Crippen LogP contribution in [0.3, 0.4) is 0 Å². The summed E-state index contributed by atoms with van der Waals surface area (Å²) in [5.74, 6) is 2.23. The van der Waals surface area contributed by atoms with E-state index in [9.17, 15) is 26.4 Å². The van der Waals surface area contributed by atoms with Gasteiger partial charge in [0, 0.05) is 50.4 Å². The highest BCUT2D eigenvalue weighted by Crippen LogP contribution is 2.36. The molecular formula is C38H46N10O6S2. The van der Waals surface area contributed by atoms with E-state index in [2.05, 4.69) is 52.6 Å². The van der Waals surface area contributed by atoms with Crippen LogP contribution in [0.1, 0.15) is 63.0 Å². The van der Waals surface area contributed by atoms with Crippen molar-refractivity contribution in [3.8, 4) is 0 Å². The first-order chi connectivity index (χ1) is 26.9. The number of rotatable bonds is 4. The first-order valence-electron chi connectivity index (χ1n) is 19.4. The molecule has 2 amide bonds. The first-order valence-corrected chi connectivity index (χ1v) is 23.1. The van der Waals surface area contributed by atoms with Gasteiger partial charge in [0.15, 0.2) is 31.0 Å². The highest BCUT2D eigenvalue weighted by atomic mass is 32.2. The molecule has 4 saturated heterocycles. The third-order valence-electron chi connectivity index (χ3n) is 12.5. The fraction of sp³-hybridized carbons (Fsp3) is 0.526. The second kappa shape index (κ2) is 14.0. The molecule has 2 N–H and O–H groups in total. The van der Waals surface area contributed by atoms with Crippen molar-refractivity contribution in [1.29, 1.82) is 0 Å². The number of aromatic amines is 2. The number of sulfone groups is 2. The maximum absolute atomic E-state index is 13.0. The van der Waals surface area contributed by atoms with E-state index in [4.69, 9.17) is 0 Å². The fourth-order valence-corrected chi connectivity index (χ4v) is 12.7. The summed E-state index contributed by atoms with van der Waals surface area (Å²) in [4.78, 5) is 54.1. The van der Waals surface area contributed by atoms with Crippen molar-refractivity contribution in [2.24, 2.45) is 23.7 Å². The molecule has 0 aromatic carbocycles. The van der Waals surface area contributed by atoms with Crippen LogP contribution >= 0.6 is 0 Å². The van der Waals surface area contributed by atoms with Crippen molar-refractivity contribution in [3.05, 3.63) is 61.0 Å². The highest BCUT2D eigenvalue weighted by Gasteiger charge is 2.41. The van der Waals surface area contributed by atoms with Gasteiger partial charge >= 0.3 is 0 Å². The van der Waals surface area contributed by atoms with Crippen LogP contribution in [-0.2, 0) is 29.3 Å². The summed E-state index contributed by atoms with van der Waals surface area (Å²) in [7, 11) is -6.14. The number of hydrogen-bond donors (Lipinski definition) is 2. The van der Waals surface area contributed by atoms with Gasteiger partial charge in [0.1, 0.15) is 11.6 Å². The maximum Gasteiger partial charge on any atom is 0.226 e. The van der Waals surface area contributed by atoms with Gasteiger partial charge in [-0.15, -0.1) is 0 Å². The Bertz CT molecular complexity index is 2510. The molecule has 296 valence electrons. The van der Waals surface area contributed by atoms with Gasteiger partial charge in [0.2, 0.25) is 11.8 Å². The Labute approximate surface area is 323 Å². The number of piperidine rings is 2. The molecule has 0 radical (unpaired) electrons. The van der Waals surface area contributed by atoms with Crippen LogP contribution in [0.15, 0.2) is 49.3 Å². The first kappa shape index (κ1) is 36.8. The summed E-state index contributed by atoms with van der Waals surface area (Å²) in [5.41, 5.74) is 5.42. The van der Waals surface area contributed by atoms with Crippen molar-refractivity contribution < 1.29 is 26.4 Å². The van der Waals surface area contributed by atoms with E-state index in [0.29, 0.717) is 50.9 Å². The lowest BCUT2D eigenvalue weighted by atomic mass is 9.85. The number of aromatic nitrogens is 8. The Morgan fingerprint density at radius 3 is 1.43 bits per heavy atom. The molecular weight excluding hydrogens is 757 g/mol. The number of carbonyl (C=O) groups excluding carboxylic acids is 2. The Morgan fingerprint density at radius 2 is 1.04 bits per heavy atom. The summed E-state index contributed by atoms with van der Waals surface area (Å²) in [6.07, 6.45) is 13.6. The van der Waals surface area contributed by atoms with Crippen molar-refractivity contribution >= 4 is 64.9 Å². The number of imidazole rings is 2. The number of hydrogen-bond acceptors (Lipinski definition) is 10. The molecule has 16 nitrogen and oxygen atoms in total. The quantitative estimate of drug-likeness (QED) is 0.267. The van der Waals surface area contributed by atoms with Crippen molar-refractivity contribution in [2.75, 3.05) is 49.2 Å². The van der Waals surface area contributed by atoms with Gasteiger partial charge in [-0.3, -0.25) is 18.4 Å². The van der Waals surface area contributed by atoms with Crippen LogP contribution in [0, 0.1) is 23.7 Å². The van der Waals surface area contributed by atoms with Gasteiger partial charge in [-0.1, -0.05) is 13.8 Å². The summed E-state index contributed by atoms with van der Waals surface area (Å²) < 4.78 is 51.4. The van der Waals surface area contributed by atoms with E-state index < -0.39 is 31.5 Å². The van der Waals surface area contributed by atoms with Gasteiger partial charge in [0.05, 0.1) is 81.7 Å². The van der Waals surface area contributed by atoms with Crippen molar-refractivity contribution in [2.45, 2.75) is 51.4 Å². The zero-order valence-corrected chi connectivity index (χ0v) is 33.0. The molecule has 6 atom stereocenters. The monoisotopic (exact) mass is 802 g/mol. The minimum atomic E-state index is -3.07. The van der Waals surface area contributed by atoms with E-state index in [1.54, 1.807) is 12.4 Å². The molecule has 10 heterocycles. The average Bonchev–Trinajstić information content (AvgIpc) is 4.03. The molecule has 0 bridgehead atoms. The number of nitrogens with one attached hydrogen (secondary N) is 2. The Morgan fingerprint density at radius 1 is 0.625 bits per heavy atom. The predicted molar refractivity (Wildman–Crippen MR) is 209 cm³/mol. The van der Waals surface area contributed by atoms with Gasteiger partial charge in [0.25, 0.3) is 0 Å². The number of amides is 2. The summed E-state index contributed by atoms with van der Waals surface area (Å²) in [6, 6.07) is 3.97. The average molecular weight is 803 g/mol. The molecule has 4 fully saturated rings. The van der Waals surface area contributed by atoms with Gasteiger partial charge in [-0.25, -0.2) is 36.8 Å². The third kappa shape index (κ3) is 6.63. The van der Waals surface area contributed by atoms with Crippen LogP contribution in [0.2, 0.25) is 0 Å². The molecule has 6 aromatic heterocycles. The summed E-state index contributed by atoms with van der Waals surface area (Å²) >= 11 is 0. The third-order valence-corrected chi connectivity index (χ3v) is 16.1. The standard InChI is InChI=1S/2C19H23N5O3S/c2*1-12-3-6-23(19(25)13-4-7-28(26,27)11-13)10-15(12)18-22-9-14-8-21-17-16(24(14)18)2-5-20-17/h2*2,5,8-9,12-13,15,20H,3-4,6-7,10-11H2,1H3/t12-,13+,15+;12-,13-,15+/m11/s1. The number of likely N-dealkylation sites (tertiary alicyclic amines) is 2. The highest BCUT2D eigenvalue weighted by molar-refractivity contribution is 7.91. The van der Waals surface area contributed by atoms with Crippen LogP contribution in [0.5, 0.6) is 0 Å². The Balaban J connectivity index is 0.000000146. The second-order valence-corrected chi connectivity index (χ2v) is 20.7. The fourth-order valence-electron chi connectivity index (χ4n) is 9.23. The lowest BCUT2D eigenvalue weighted by Gasteiger charge is -2.37. The Kier molecular flexibility index (Phi) is 9.17. The van der Waals surface area contributed by atoms with E-state index in [1.807, 2.05) is 46.7 Å². The minimum Gasteiger partial charge on any atom is -0.345 e. The molecule has 0 aliphatic carbocycles. The molecule has 0 saturated carbocycles. The molecule has 4 aliphatic rings. The number of H-pyrrole nitrogens is 2. The van der Waals surface area contributed by atoms with Crippen LogP contribution in [0.25, 0.3) is 33.4 Å². The van der Waals surface area contributed by atoms with Crippen molar-refractivity contribution in [3.63, 3.8) is 0 Å². The summed E-state index contributed by atoms with van der Waals surface area (Å²) in [5, 5.41) is 0. The zero-order valence-electron chi connectivity index (χ0n) is 31.4. The second-order valence-electron chi connectivity index (χ2n) is 16.2. The van der Waals surface area contributed by atoms with E-state index in [1.165, 1.54) is 0 Å². The van der Waals surface area contributed by atoms with Gasteiger partial charge in [-0.2, -0.15) is 0 Å².